The van der Waals surface area contributed by atoms with Crippen LogP contribution in [0.1, 0.15) is 43.4 Å². The Balaban J connectivity index is 2.10. The topological polar surface area (TPSA) is 93.4 Å². The summed E-state index contributed by atoms with van der Waals surface area (Å²) in [7, 11) is 1.63. The van der Waals surface area contributed by atoms with Crippen LogP contribution in [0.25, 0.3) is 0 Å². The largest absolute Gasteiger partial charge is 0.452 e. The number of rotatable bonds is 8. The van der Waals surface area contributed by atoms with Gasteiger partial charge < -0.3 is 19.4 Å². The predicted molar refractivity (Wildman–Crippen MR) is 108 cm³/mol. The predicted octanol–water partition coefficient (Wildman–Crippen LogP) is 3.49. The van der Waals surface area contributed by atoms with E-state index in [1.165, 1.54) is 11.3 Å². The van der Waals surface area contributed by atoms with Crippen molar-refractivity contribution in [2.45, 2.75) is 40.7 Å². The van der Waals surface area contributed by atoms with E-state index in [9.17, 15) is 14.9 Å². The highest BCUT2D eigenvalue weighted by Gasteiger charge is 2.21. The van der Waals surface area contributed by atoms with E-state index in [0.29, 0.717) is 30.1 Å². The number of aromatic nitrogens is 1. The number of nitrogens with zero attached hydrogens (tertiary/aromatic N) is 2. The van der Waals surface area contributed by atoms with Crippen molar-refractivity contribution in [2.75, 3.05) is 25.6 Å². The second kappa shape index (κ2) is 9.53. The first-order valence-corrected chi connectivity index (χ1v) is 9.74. The van der Waals surface area contributed by atoms with Crippen molar-refractivity contribution in [1.29, 1.82) is 5.26 Å². The first-order chi connectivity index (χ1) is 13.3. The lowest BCUT2D eigenvalue weighted by molar-refractivity contribution is -0.119. The highest BCUT2D eigenvalue weighted by atomic mass is 32.1. The molecule has 7 nitrogen and oxygen atoms in total. The minimum atomic E-state index is -0.527. The number of carbonyl (C=O) groups is 2. The summed E-state index contributed by atoms with van der Waals surface area (Å²) >= 11 is 1.50. The number of aryl methyl sites for hydroxylation is 2. The summed E-state index contributed by atoms with van der Waals surface area (Å²) < 4.78 is 12.1. The Morgan fingerprint density at radius 2 is 2.00 bits per heavy atom. The average molecular weight is 404 g/mol. The molecule has 0 spiro atoms. The Bertz CT molecular complexity index is 921. The molecule has 150 valence electrons. The molecule has 0 aliphatic carbocycles. The summed E-state index contributed by atoms with van der Waals surface area (Å²) in [6.45, 7) is 8.25. The molecule has 2 heterocycles. The van der Waals surface area contributed by atoms with Gasteiger partial charge in [0, 0.05) is 35.7 Å². The maximum Gasteiger partial charge on any atom is 0.339 e. The highest BCUT2D eigenvalue weighted by molar-refractivity contribution is 7.12. The van der Waals surface area contributed by atoms with Crippen molar-refractivity contribution < 1.29 is 19.1 Å². The fourth-order valence-electron chi connectivity index (χ4n) is 2.99. The van der Waals surface area contributed by atoms with Crippen LogP contribution in [0.3, 0.4) is 0 Å². The van der Waals surface area contributed by atoms with Gasteiger partial charge in [-0.1, -0.05) is 0 Å². The van der Waals surface area contributed by atoms with Crippen LogP contribution >= 0.6 is 11.3 Å². The van der Waals surface area contributed by atoms with E-state index in [-0.39, 0.29) is 0 Å². The summed E-state index contributed by atoms with van der Waals surface area (Å²) in [5.41, 5.74) is 2.61. The minimum Gasteiger partial charge on any atom is -0.452 e. The van der Waals surface area contributed by atoms with E-state index in [1.54, 1.807) is 13.2 Å². The van der Waals surface area contributed by atoms with Crippen LogP contribution in [0.2, 0.25) is 0 Å². The molecule has 0 saturated heterocycles. The Labute approximate surface area is 168 Å². The molecule has 0 radical (unpaired) electrons. The van der Waals surface area contributed by atoms with Gasteiger partial charge in [0.2, 0.25) is 0 Å². The number of amides is 1. The van der Waals surface area contributed by atoms with Crippen LogP contribution in [0.4, 0.5) is 5.82 Å². The standard InChI is InChI=1S/C20H25N3O4S/c1-12-9-16(15(4)28-12)20(25)27-11-18(24)22-19-17(10-21)13(2)14(3)23(19)7-6-8-26-5/h9H,6-8,11H2,1-5H3,(H,22,24). The van der Waals surface area contributed by atoms with Crippen LogP contribution < -0.4 is 5.32 Å². The highest BCUT2D eigenvalue weighted by Crippen LogP contribution is 2.27. The maximum absolute atomic E-state index is 12.4. The summed E-state index contributed by atoms with van der Waals surface area (Å²) in [6, 6.07) is 3.90. The van der Waals surface area contributed by atoms with Crippen LogP contribution in [-0.4, -0.2) is 36.8 Å². The molecule has 0 unspecified atom stereocenters. The zero-order chi connectivity index (χ0) is 20.8. The van der Waals surface area contributed by atoms with E-state index < -0.39 is 18.5 Å². The fourth-order valence-corrected chi connectivity index (χ4v) is 3.90. The molecule has 0 atom stereocenters. The Hall–Kier alpha value is -2.63. The van der Waals surface area contributed by atoms with Crippen LogP contribution in [-0.2, 0) is 20.8 Å². The molecular weight excluding hydrogens is 378 g/mol. The van der Waals surface area contributed by atoms with E-state index in [2.05, 4.69) is 11.4 Å². The number of nitriles is 1. The van der Waals surface area contributed by atoms with Gasteiger partial charge in [0.25, 0.3) is 5.91 Å². The smallest absolute Gasteiger partial charge is 0.339 e. The van der Waals surface area contributed by atoms with Gasteiger partial charge in [-0.15, -0.1) is 11.3 Å². The number of ether oxygens (including phenoxy) is 2. The molecule has 0 saturated carbocycles. The quantitative estimate of drug-likeness (QED) is 0.538. The Morgan fingerprint density at radius 3 is 2.57 bits per heavy atom. The number of anilines is 1. The average Bonchev–Trinajstić information content (AvgIpc) is 3.10. The van der Waals surface area contributed by atoms with Crippen molar-refractivity contribution >= 4 is 29.0 Å². The van der Waals surface area contributed by atoms with E-state index in [0.717, 1.165) is 27.4 Å². The molecule has 8 heteroatoms. The van der Waals surface area contributed by atoms with Gasteiger partial charge in [0.05, 0.1) is 11.1 Å². The van der Waals surface area contributed by atoms with Crippen LogP contribution in [0, 0.1) is 39.0 Å². The molecule has 0 aromatic carbocycles. The van der Waals surface area contributed by atoms with Gasteiger partial charge in [0.1, 0.15) is 11.9 Å². The van der Waals surface area contributed by atoms with Gasteiger partial charge in [0.15, 0.2) is 6.61 Å². The number of thiophene rings is 1. The summed E-state index contributed by atoms with van der Waals surface area (Å²) in [4.78, 5) is 26.4. The fraction of sp³-hybridized carbons (Fsp3) is 0.450. The minimum absolute atomic E-state index is 0.416. The lowest BCUT2D eigenvalue weighted by atomic mass is 10.2. The van der Waals surface area contributed by atoms with Crippen molar-refractivity contribution in [3.8, 4) is 6.07 Å². The van der Waals surface area contributed by atoms with Crippen LogP contribution in [0.15, 0.2) is 6.07 Å². The van der Waals surface area contributed by atoms with E-state index >= 15 is 0 Å². The third-order valence-corrected chi connectivity index (χ3v) is 5.49. The Morgan fingerprint density at radius 1 is 1.29 bits per heavy atom. The zero-order valence-electron chi connectivity index (χ0n) is 16.8. The lowest BCUT2D eigenvalue weighted by Gasteiger charge is -2.13. The molecule has 1 N–H and O–H groups in total. The molecule has 0 fully saturated rings. The summed E-state index contributed by atoms with van der Waals surface area (Å²) in [6.07, 6.45) is 0.741. The van der Waals surface area contributed by atoms with Gasteiger partial charge in [-0.3, -0.25) is 4.79 Å². The number of methoxy groups -OCH3 is 1. The molecule has 1 amide bonds. The first kappa shape index (κ1) is 21.7. The van der Waals surface area contributed by atoms with Crippen molar-refractivity contribution in [3.63, 3.8) is 0 Å². The third kappa shape index (κ3) is 4.80. The molecule has 2 aromatic rings. The molecule has 2 rings (SSSR count). The summed E-state index contributed by atoms with van der Waals surface area (Å²) in [5, 5.41) is 12.2. The molecular formula is C20H25N3O4S. The van der Waals surface area contributed by atoms with Crippen molar-refractivity contribution in [2.24, 2.45) is 0 Å². The number of esters is 1. The first-order valence-electron chi connectivity index (χ1n) is 8.92. The second-order valence-corrected chi connectivity index (χ2v) is 7.96. The van der Waals surface area contributed by atoms with E-state index in [1.807, 2.05) is 32.3 Å². The molecule has 0 bridgehead atoms. The molecule has 0 aliphatic heterocycles. The lowest BCUT2D eigenvalue weighted by Crippen LogP contribution is -2.23. The second-order valence-electron chi connectivity index (χ2n) is 6.50. The Kier molecular flexibility index (Phi) is 7.38. The SMILES string of the molecule is COCCCn1c(C)c(C)c(C#N)c1NC(=O)COC(=O)c1cc(C)sc1C. The number of hydrogen-bond acceptors (Lipinski definition) is 6. The monoisotopic (exact) mass is 403 g/mol. The van der Waals surface area contributed by atoms with Gasteiger partial charge >= 0.3 is 5.97 Å². The van der Waals surface area contributed by atoms with E-state index in [4.69, 9.17) is 9.47 Å². The maximum atomic E-state index is 12.4. The summed E-state index contributed by atoms with van der Waals surface area (Å²) in [5.74, 6) is -0.586. The van der Waals surface area contributed by atoms with Crippen molar-refractivity contribution in [1.82, 2.24) is 4.57 Å². The zero-order valence-corrected chi connectivity index (χ0v) is 17.7. The molecule has 0 aliphatic rings. The number of carbonyl (C=O) groups excluding carboxylic acids is 2. The normalized spacial score (nSPS) is 10.6. The molecule has 28 heavy (non-hydrogen) atoms. The van der Waals surface area contributed by atoms with Gasteiger partial charge in [-0.25, -0.2) is 4.79 Å². The third-order valence-electron chi connectivity index (χ3n) is 4.52. The van der Waals surface area contributed by atoms with Crippen molar-refractivity contribution in [3.05, 3.63) is 38.2 Å². The number of nitrogens with one attached hydrogen (secondary N) is 1. The van der Waals surface area contributed by atoms with Gasteiger partial charge in [-0.2, -0.15) is 5.26 Å². The van der Waals surface area contributed by atoms with Gasteiger partial charge in [-0.05, 0) is 45.7 Å². The number of hydrogen-bond donors (Lipinski definition) is 1. The van der Waals surface area contributed by atoms with Crippen LogP contribution in [0.5, 0.6) is 0 Å². The molecule has 2 aromatic heterocycles.